The maximum Gasteiger partial charge on any atom is 0.409 e. The number of anilines is 1. The Hall–Kier alpha value is -2.02. The molecule has 29 heavy (non-hydrogen) atoms. The predicted molar refractivity (Wildman–Crippen MR) is 108 cm³/mol. The third-order valence-electron chi connectivity index (χ3n) is 4.96. The Morgan fingerprint density at radius 2 is 2.17 bits per heavy atom. The number of nitrogens with one attached hydrogen (secondary N) is 1. The van der Waals surface area contributed by atoms with Crippen molar-refractivity contribution in [1.82, 2.24) is 14.2 Å². The molecule has 9 nitrogen and oxygen atoms in total. The highest BCUT2D eigenvalue weighted by molar-refractivity contribution is 7.91. The van der Waals surface area contributed by atoms with Crippen molar-refractivity contribution in [3.63, 3.8) is 0 Å². The molecule has 156 valence electrons. The van der Waals surface area contributed by atoms with E-state index in [1.165, 1.54) is 22.8 Å². The Morgan fingerprint density at radius 3 is 2.90 bits per heavy atom. The molecule has 1 unspecified atom stereocenters. The summed E-state index contributed by atoms with van der Waals surface area (Å²) in [5.41, 5.74) is 0.847. The van der Waals surface area contributed by atoms with Crippen molar-refractivity contribution >= 4 is 49.8 Å². The van der Waals surface area contributed by atoms with Gasteiger partial charge in [-0.2, -0.15) is 4.31 Å². The fraction of sp³-hybridized carbons (Fsp3) is 0.471. The fourth-order valence-electron chi connectivity index (χ4n) is 3.54. The van der Waals surface area contributed by atoms with Crippen LogP contribution in [0.4, 0.5) is 9.93 Å². The van der Waals surface area contributed by atoms with E-state index in [2.05, 4.69) is 10.3 Å². The summed E-state index contributed by atoms with van der Waals surface area (Å²) in [6.07, 6.45) is 1.29. The molecule has 0 spiro atoms. The first-order valence-electron chi connectivity index (χ1n) is 9.08. The third kappa shape index (κ3) is 3.89. The SMILES string of the molecule is COC(=O)N1CCc2nc(NC(=O)C3CCCN3S(=O)(=O)c3cccs3)sc2C1. The first-order valence-corrected chi connectivity index (χ1v) is 12.2. The number of sulfonamides is 1. The van der Waals surface area contributed by atoms with E-state index in [-0.39, 0.29) is 10.1 Å². The number of hydrogen-bond donors (Lipinski definition) is 1. The molecule has 1 saturated heterocycles. The first kappa shape index (κ1) is 20.3. The average Bonchev–Trinajstić information content (AvgIpc) is 3.46. The number of ether oxygens (including phenoxy) is 1. The second-order valence-electron chi connectivity index (χ2n) is 6.73. The van der Waals surface area contributed by atoms with Gasteiger partial charge in [-0.1, -0.05) is 17.4 Å². The van der Waals surface area contributed by atoms with Crippen molar-refractivity contribution < 1.29 is 22.7 Å². The molecule has 4 heterocycles. The number of carbonyl (C=O) groups is 2. The molecule has 2 aliphatic heterocycles. The van der Waals surface area contributed by atoms with E-state index < -0.39 is 22.2 Å². The van der Waals surface area contributed by atoms with Crippen molar-refractivity contribution in [1.29, 1.82) is 0 Å². The summed E-state index contributed by atoms with van der Waals surface area (Å²) in [7, 11) is -2.35. The summed E-state index contributed by atoms with van der Waals surface area (Å²) in [5.74, 6) is -0.376. The number of aromatic nitrogens is 1. The monoisotopic (exact) mass is 456 g/mol. The molecule has 4 rings (SSSR count). The van der Waals surface area contributed by atoms with Crippen molar-refractivity contribution in [2.24, 2.45) is 0 Å². The zero-order valence-electron chi connectivity index (χ0n) is 15.7. The minimum absolute atomic E-state index is 0.241. The Kier molecular flexibility index (Phi) is 5.60. The second-order valence-corrected chi connectivity index (χ2v) is 10.9. The van der Waals surface area contributed by atoms with Crippen LogP contribution in [0.25, 0.3) is 0 Å². The van der Waals surface area contributed by atoms with E-state index >= 15 is 0 Å². The van der Waals surface area contributed by atoms with Gasteiger partial charge in [-0.25, -0.2) is 18.2 Å². The van der Waals surface area contributed by atoms with E-state index in [1.54, 1.807) is 22.4 Å². The van der Waals surface area contributed by atoms with E-state index in [9.17, 15) is 18.0 Å². The lowest BCUT2D eigenvalue weighted by atomic mass is 10.2. The number of amides is 2. The molecular formula is C17H20N4O5S3. The van der Waals surface area contributed by atoms with Crippen LogP contribution in [0.5, 0.6) is 0 Å². The average molecular weight is 457 g/mol. The van der Waals surface area contributed by atoms with E-state index in [0.717, 1.165) is 21.9 Å². The Labute approximate surface area is 176 Å². The Bertz CT molecular complexity index is 1020. The Morgan fingerprint density at radius 1 is 1.34 bits per heavy atom. The van der Waals surface area contributed by atoms with Gasteiger partial charge in [0.05, 0.1) is 19.3 Å². The predicted octanol–water partition coefficient (Wildman–Crippen LogP) is 2.12. The molecule has 0 bridgehead atoms. The zero-order valence-corrected chi connectivity index (χ0v) is 18.1. The number of thiazole rings is 1. The lowest BCUT2D eigenvalue weighted by Crippen LogP contribution is -2.42. The quantitative estimate of drug-likeness (QED) is 0.755. The van der Waals surface area contributed by atoms with Gasteiger partial charge in [-0.05, 0) is 24.3 Å². The van der Waals surface area contributed by atoms with Crippen LogP contribution in [-0.2, 0) is 32.5 Å². The molecule has 2 aromatic rings. The van der Waals surface area contributed by atoms with Crippen molar-refractivity contribution in [3.8, 4) is 0 Å². The van der Waals surface area contributed by atoms with Crippen molar-refractivity contribution in [2.45, 2.75) is 36.1 Å². The van der Waals surface area contributed by atoms with Gasteiger partial charge in [0.1, 0.15) is 10.3 Å². The van der Waals surface area contributed by atoms with Gasteiger partial charge in [-0.3, -0.25) is 4.79 Å². The smallest absolute Gasteiger partial charge is 0.409 e. The maximum atomic E-state index is 12.8. The summed E-state index contributed by atoms with van der Waals surface area (Å²) in [6, 6.07) is 2.48. The zero-order chi connectivity index (χ0) is 20.6. The third-order valence-corrected chi connectivity index (χ3v) is 9.24. The minimum atomic E-state index is -3.69. The van der Waals surface area contributed by atoms with Gasteiger partial charge in [0, 0.05) is 24.4 Å². The molecule has 2 aliphatic rings. The van der Waals surface area contributed by atoms with Gasteiger partial charge in [0.2, 0.25) is 5.91 Å². The normalized spacial score (nSPS) is 19.8. The molecule has 1 N–H and O–H groups in total. The van der Waals surface area contributed by atoms with Gasteiger partial charge < -0.3 is 15.0 Å². The van der Waals surface area contributed by atoms with E-state index in [1.807, 2.05) is 0 Å². The molecule has 1 fully saturated rings. The largest absolute Gasteiger partial charge is 0.453 e. The molecule has 0 saturated carbocycles. The Balaban J connectivity index is 1.47. The standard InChI is InChI=1S/C17H20N4O5S3/c1-26-17(23)20-8-6-11-13(10-20)28-16(18-11)19-15(22)12-4-2-7-21(12)29(24,25)14-5-3-9-27-14/h3,5,9,12H,2,4,6-8,10H2,1H3,(H,18,19,22). The van der Waals surface area contributed by atoms with E-state index in [4.69, 9.17) is 4.74 Å². The summed E-state index contributed by atoms with van der Waals surface area (Å²) in [6.45, 7) is 1.21. The van der Waals surface area contributed by atoms with Crippen LogP contribution in [0.15, 0.2) is 21.7 Å². The van der Waals surface area contributed by atoms with Crippen molar-refractivity contribution in [2.75, 3.05) is 25.5 Å². The summed E-state index contributed by atoms with van der Waals surface area (Å²) >= 11 is 2.45. The van der Waals surface area contributed by atoms with E-state index in [0.29, 0.717) is 44.0 Å². The number of thiophene rings is 1. The maximum absolute atomic E-state index is 12.8. The summed E-state index contributed by atoms with van der Waals surface area (Å²) < 4.78 is 32.0. The van der Waals surface area contributed by atoms with Crippen LogP contribution in [0.1, 0.15) is 23.4 Å². The van der Waals surface area contributed by atoms with Crippen LogP contribution in [-0.4, -0.2) is 60.8 Å². The molecule has 12 heteroatoms. The second kappa shape index (κ2) is 8.01. The molecule has 0 aromatic carbocycles. The molecular weight excluding hydrogens is 436 g/mol. The highest BCUT2D eigenvalue weighted by Crippen LogP contribution is 2.31. The molecule has 0 aliphatic carbocycles. The summed E-state index contributed by atoms with van der Waals surface area (Å²) in [5, 5.41) is 4.90. The fourth-order valence-corrected chi connectivity index (χ4v) is 7.34. The number of methoxy groups -OCH3 is 1. The molecule has 2 amide bonds. The molecule has 1 atom stereocenters. The van der Waals surface area contributed by atoms with Crippen LogP contribution < -0.4 is 5.32 Å². The first-order chi connectivity index (χ1) is 13.9. The lowest BCUT2D eigenvalue weighted by molar-refractivity contribution is -0.119. The minimum Gasteiger partial charge on any atom is -0.453 e. The van der Waals surface area contributed by atoms with Crippen LogP contribution >= 0.6 is 22.7 Å². The summed E-state index contributed by atoms with van der Waals surface area (Å²) in [4.78, 5) is 31.5. The van der Waals surface area contributed by atoms with Crippen LogP contribution in [0.3, 0.4) is 0 Å². The van der Waals surface area contributed by atoms with Gasteiger partial charge >= 0.3 is 6.09 Å². The number of carbonyl (C=O) groups excluding carboxylic acids is 2. The highest BCUT2D eigenvalue weighted by atomic mass is 32.2. The van der Waals surface area contributed by atoms with Crippen molar-refractivity contribution in [3.05, 3.63) is 28.1 Å². The van der Waals surface area contributed by atoms with Crippen LogP contribution in [0.2, 0.25) is 0 Å². The van der Waals surface area contributed by atoms with Gasteiger partial charge in [-0.15, -0.1) is 11.3 Å². The number of nitrogens with zero attached hydrogens (tertiary/aromatic N) is 3. The van der Waals surface area contributed by atoms with Gasteiger partial charge in [0.25, 0.3) is 10.0 Å². The van der Waals surface area contributed by atoms with Crippen LogP contribution in [0, 0.1) is 0 Å². The highest BCUT2D eigenvalue weighted by Gasteiger charge is 2.40. The molecule has 0 radical (unpaired) electrons. The number of fused-ring (bicyclic) bond motifs is 1. The topological polar surface area (TPSA) is 109 Å². The lowest BCUT2D eigenvalue weighted by Gasteiger charge is -2.24. The van der Waals surface area contributed by atoms with Gasteiger partial charge in [0.15, 0.2) is 5.13 Å². The number of hydrogen-bond acceptors (Lipinski definition) is 8. The molecule has 2 aromatic heterocycles. The number of rotatable bonds is 4.